The number of rotatable bonds is 2. The fourth-order valence-electron chi connectivity index (χ4n) is 1.39. The van der Waals surface area contributed by atoms with Crippen LogP contribution in [0.15, 0.2) is 43.0 Å². The van der Waals surface area contributed by atoms with Crippen LogP contribution >= 0.6 is 0 Å². The molecule has 0 fully saturated rings. The van der Waals surface area contributed by atoms with Crippen LogP contribution in [0.25, 0.3) is 17.5 Å². The van der Waals surface area contributed by atoms with E-state index in [-0.39, 0.29) is 0 Å². The van der Waals surface area contributed by atoms with Crippen LogP contribution in [-0.2, 0) is 0 Å². The maximum atomic E-state index is 4.42. The molecule has 0 N–H and O–H groups in total. The van der Waals surface area contributed by atoms with E-state index >= 15 is 0 Å². The van der Waals surface area contributed by atoms with Crippen LogP contribution < -0.4 is 0 Å². The van der Waals surface area contributed by atoms with Gasteiger partial charge in [-0.2, -0.15) is 0 Å². The zero-order valence-electron chi connectivity index (χ0n) is 8.64. The van der Waals surface area contributed by atoms with E-state index in [4.69, 9.17) is 0 Å². The predicted molar refractivity (Wildman–Crippen MR) is 62.3 cm³/mol. The molecule has 0 amide bonds. The minimum absolute atomic E-state index is 0.871. The molecule has 2 rings (SSSR count). The molecule has 0 aliphatic carbocycles. The Kier molecular flexibility index (Phi) is 2.59. The van der Waals surface area contributed by atoms with E-state index in [1.165, 1.54) is 0 Å². The SMILES string of the molecule is C=Cc1cccc(-c2cccc(C)n2)n1. The molecule has 0 bridgehead atoms. The molecule has 0 unspecified atom stereocenters. The average Bonchev–Trinajstić information content (AvgIpc) is 2.29. The van der Waals surface area contributed by atoms with E-state index in [1.54, 1.807) is 6.08 Å². The van der Waals surface area contributed by atoms with Gasteiger partial charge in [-0.15, -0.1) is 0 Å². The van der Waals surface area contributed by atoms with E-state index in [1.807, 2.05) is 43.3 Å². The number of nitrogens with zero attached hydrogens (tertiary/aromatic N) is 2. The van der Waals surface area contributed by atoms with Gasteiger partial charge >= 0.3 is 0 Å². The first kappa shape index (κ1) is 9.59. The lowest BCUT2D eigenvalue weighted by Crippen LogP contribution is -1.90. The molecular weight excluding hydrogens is 184 g/mol. The van der Waals surface area contributed by atoms with Gasteiger partial charge in [0.15, 0.2) is 0 Å². The van der Waals surface area contributed by atoms with E-state index in [9.17, 15) is 0 Å². The third kappa shape index (κ3) is 2.10. The van der Waals surface area contributed by atoms with Gasteiger partial charge in [0.2, 0.25) is 0 Å². The summed E-state index contributed by atoms with van der Waals surface area (Å²) in [5.74, 6) is 0. The number of aromatic nitrogens is 2. The van der Waals surface area contributed by atoms with E-state index in [2.05, 4.69) is 16.5 Å². The second-order valence-electron chi connectivity index (χ2n) is 3.32. The second-order valence-corrected chi connectivity index (χ2v) is 3.32. The summed E-state index contributed by atoms with van der Waals surface area (Å²) in [6, 6.07) is 11.8. The van der Waals surface area contributed by atoms with Gasteiger partial charge in [0.05, 0.1) is 17.1 Å². The molecule has 0 aliphatic heterocycles. The van der Waals surface area contributed by atoms with Crippen molar-refractivity contribution < 1.29 is 0 Å². The predicted octanol–water partition coefficient (Wildman–Crippen LogP) is 3.10. The number of pyridine rings is 2. The van der Waals surface area contributed by atoms with Crippen LogP contribution in [0.5, 0.6) is 0 Å². The van der Waals surface area contributed by atoms with Gasteiger partial charge in [-0.3, -0.25) is 4.98 Å². The summed E-state index contributed by atoms with van der Waals surface area (Å²) in [5, 5.41) is 0. The molecule has 15 heavy (non-hydrogen) atoms. The molecule has 74 valence electrons. The van der Waals surface area contributed by atoms with E-state index in [0.29, 0.717) is 0 Å². The van der Waals surface area contributed by atoms with Crippen LogP contribution in [0, 0.1) is 6.92 Å². The molecule has 0 radical (unpaired) electrons. The average molecular weight is 196 g/mol. The quantitative estimate of drug-likeness (QED) is 0.737. The second kappa shape index (κ2) is 4.05. The van der Waals surface area contributed by atoms with Gasteiger partial charge in [0, 0.05) is 5.69 Å². The standard InChI is InChI=1S/C13H12N2/c1-3-11-7-5-9-13(15-11)12-8-4-6-10(2)14-12/h3-9H,1H2,2H3. The van der Waals surface area contributed by atoms with Crippen LogP contribution in [-0.4, -0.2) is 9.97 Å². The Bertz CT molecular complexity index is 489. The van der Waals surface area contributed by atoms with Crippen molar-refractivity contribution in [2.24, 2.45) is 0 Å². The summed E-state index contributed by atoms with van der Waals surface area (Å²) in [4.78, 5) is 8.84. The van der Waals surface area contributed by atoms with Gasteiger partial charge in [-0.1, -0.05) is 18.7 Å². The summed E-state index contributed by atoms with van der Waals surface area (Å²) in [6.07, 6.45) is 1.74. The van der Waals surface area contributed by atoms with Crippen LogP contribution in [0.3, 0.4) is 0 Å². The van der Waals surface area contributed by atoms with Gasteiger partial charge in [-0.25, -0.2) is 4.98 Å². The molecule has 0 spiro atoms. The van der Waals surface area contributed by atoms with Gasteiger partial charge in [0.1, 0.15) is 0 Å². The van der Waals surface area contributed by atoms with Crippen molar-refractivity contribution in [3.05, 3.63) is 54.4 Å². The molecule has 2 heteroatoms. The molecule has 0 saturated heterocycles. The number of aryl methyl sites for hydroxylation is 1. The summed E-state index contributed by atoms with van der Waals surface area (Å²) < 4.78 is 0. The molecule has 2 aromatic heterocycles. The summed E-state index contributed by atoms with van der Waals surface area (Å²) >= 11 is 0. The molecule has 2 nitrogen and oxygen atoms in total. The van der Waals surface area contributed by atoms with Crippen LogP contribution in [0.4, 0.5) is 0 Å². The minimum Gasteiger partial charge on any atom is -0.251 e. The largest absolute Gasteiger partial charge is 0.251 e. The fourth-order valence-corrected chi connectivity index (χ4v) is 1.39. The number of hydrogen-bond acceptors (Lipinski definition) is 2. The first-order valence-corrected chi connectivity index (χ1v) is 4.83. The Hall–Kier alpha value is -1.96. The topological polar surface area (TPSA) is 25.8 Å². The maximum absolute atomic E-state index is 4.42. The van der Waals surface area contributed by atoms with Crippen molar-refractivity contribution in [2.45, 2.75) is 6.92 Å². The van der Waals surface area contributed by atoms with Crippen molar-refractivity contribution in [3.63, 3.8) is 0 Å². The normalized spacial score (nSPS) is 9.93. The third-order valence-corrected chi connectivity index (χ3v) is 2.13. The highest BCUT2D eigenvalue weighted by Gasteiger charge is 2.00. The van der Waals surface area contributed by atoms with E-state index < -0.39 is 0 Å². The van der Waals surface area contributed by atoms with Crippen molar-refractivity contribution in [2.75, 3.05) is 0 Å². The highest BCUT2D eigenvalue weighted by Crippen LogP contribution is 2.15. The smallest absolute Gasteiger partial charge is 0.0893 e. The van der Waals surface area contributed by atoms with E-state index in [0.717, 1.165) is 22.8 Å². The van der Waals surface area contributed by atoms with Gasteiger partial charge < -0.3 is 0 Å². The zero-order chi connectivity index (χ0) is 10.7. The molecule has 0 aromatic carbocycles. The first-order valence-electron chi connectivity index (χ1n) is 4.83. The van der Waals surface area contributed by atoms with Gasteiger partial charge in [0.25, 0.3) is 0 Å². The van der Waals surface area contributed by atoms with Gasteiger partial charge in [-0.05, 0) is 37.3 Å². The fraction of sp³-hybridized carbons (Fsp3) is 0.0769. The monoisotopic (exact) mass is 196 g/mol. The molecule has 0 aliphatic rings. The Balaban J connectivity index is 2.49. The van der Waals surface area contributed by atoms with Crippen LogP contribution in [0.2, 0.25) is 0 Å². The molecule has 0 atom stereocenters. The lowest BCUT2D eigenvalue weighted by atomic mass is 10.2. The summed E-state index contributed by atoms with van der Waals surface area (Å²) in [5.41, 5.74) is 3.66. The Labute approximate surface area is 89.3 Å². The Morgan fingerprint density at radius 2 is 1.67 bits per heavy atom. The van der Waals surface area contributed by atoms with Crippen molar-refractivity contribution in [3.8, 4) is 11.4 Å². The zero-order valence-corrected chi connectivity index (χ0v) is 8.64. The highest BCUT2D eigenvalue weighted by atomic mass is 14.8. The Morgan fingerprint density at radius 3 is 2.33 bits per heavy atom. The van der Waals surface area contributed by atoms with Crippen molar-refractivity contribution in [1.29, 1.82) is 0 Å². The Morgan fingerprint density at radius 1 is 1.00 bits per heavy atom. The molecule has 2 heterocycles. The number of hydrogen-bond donors (Lipinski definition) is 0. The molecular formula is C13H12N2. The summed E-state index contributed by atoms with van der Waals surface area (Å²) in [6.45, 7) is 5.67. The molecule has 2 aromatic rings. The third-order valence-electron chi connectivity index (χ3n) is 2.13. The maximum Gasteiger partial charge on any atom is 0.0893 e. The van der Waals surface area contributed by atoms with Crippen molar-refractivity contribution >= 4 is 6.08 Å². The van der Waals surface area contributed by atoms with Crippen LogP contribution in [0.1, 0.15) is 11.4 Å². The summed E-state index contributed by atoms with van der Waals surface area (Å²) in [7, 11) is 0. The van der Waals surface area contributed by atoms with Crippen molar-refractivity contribution in [1.82, 2.24) is 9.97 Å². The molecule has 0 saturated carbocycles. The minimum atomic E-state index is 0.871. The lowest BCUT2D eigenvalue weighted by molar-refractivity contribution is 1.17. The highest BCUT2D eigenvalue weighted by molar-refractivity contribution is 5.56. The lowest BCUT2D eigenvalue weighted by Gasteiger charge is -2.01. The first-order chi connectivity index (χ1) is 7.29.